The molecule has 0 bridgehead atoms. The van der Waals surface area contributed by atoms with E-state index in [1.165, 1.54) is 12.1 Å². The van der Waals surface area contributed by atoms with Crippen LogP contribution in [-0.4, -0.2) is 11.7 Å². The molecule has 0 radical (unpaired) electrons. The highest BCUT2D eigenvalue weighted by Crippen LogP contribution is 2.24. The van der Waals surface area contributed by atoms with Gasteiger partial charge in [-0.05, 0) is 24.1 Å². The van der Waals surface area contributed by atoms with Crippen molar-refractivity contribution in [1.82, 2.24) is 0 Å². The van der Waals surface area contributed by atoms with Crippen molar-refractivity contribution in [2.45, 2.75) is 6.42 Å². The second-order valence-corrected chi connectivity index (χ2v) is 3.59. The summed E-state index contributed by atoms with van der Waals surface area (Å²) >= 11 is 8.74. The second kappa shape index (κ2) is 4.21. The van der Waals surface area contributed by atoms with Gasteiger partial charge in [0.2, 0.25) is 0 Å². The van der Waals surface area contributed by atoms with E-state index in [-0.39, 0.29) is 11.6 Å². The van der Waals surface area contributed by atoms with Crippen LogP contribution < -0.4 is 0 Å². The van der Waals surface area contributed by atoms with Gasteiger partial charge in [0.15, 0.2) is 0 Å². The minimum atomic E-state index is -0.455. The number of aliphatic hydroxyl groups is 1. The molecule has 0 aliphatic heterocycles. The minimum Gasteiger partial charge on any atom is -0.396 e. The van der Waals surface area contributed by atoms with E-state index in [4.69, 9.17) is 16.7 Å². The average Bonchev–Trinajstić information content (AvgIpc) is 2.01. The Balaban J connectivity index is 3.05. The molecule has 4 heteroatoms. The normalized spacial score (nSPS) is 10.3. The van der Waals surface area contributed by atoms with Gasteiger partial charge >= 0.3 is 0 Å². The predicted molar refractivity (Wildman–Crippen MR) is 49.9 cm³/mol. The number of halogens is 3. The van der Waals surface area contributed by atoms with Crippen LogP contribution in [0.1, 0.15) is 5.56 Å². The molecule has 12 heavy (non-hydrogen) atoms. The van der Waals surface area contributed by atoms with Gasteiger partial charge in [0.1, 0.15) is 5.82 Å². The third-order valence-electron chi connectivity index (χ3n) is 1.47. The van der Waals surface area contributed by atoms with Gasteiger partial charge < -0.3 is 5.11 Å². The zero-order valence-electron chi connectivity index (χ0n) is 6.15. The fourth-order valence-corrected chi connectivity index (χ4v) is 1.71. The fourth-order valence-electron chi connectivity index (χ4n) is 0.876. The molecule has 0 saturated heterocycles. The Labute approximate surface area is 83.3 Å². The molecule has 1 nitrogen and oxygen atoms in total. The highest BCUT2D eigenvalue weighted by molar-refractivity contribution is 9.10. The first-order valence-electron chi connectivity index (χ1n) is 3.39. The van der Waals surface area contributed by atoms with Gasteiger partial charge in [-0.25, -0.2) is 4.39 Å². The highest BCUT2D eigenvalue weighted by Gasteiger charge is 2.05. The van der Waals surface area contributed by atoms with Crippen LogP contribution in [0.25, 0.3) is 0 Å². The summed E-state index contributed by atoms with van der Waals surface area (Å²) < 4.78 is 13.6. The zero-order chi connectivity index (χ0) is 9.14. The van der Waals surface area contributed by atoms with E-state index >= 15 is 0 Å². The predicted octanol–water partition coefficient (Wildman–Crippen LogP) is 2.78. The smallest absolute Gasteiger partial charge is 0.142 e. The van der Waals surface area contributed by atoms with E-state index in [0.717, 1.165) is 10.0 Å². The molecular weight excluding hydrogens is 246 g/mol. The number of hydrogen-bond acceptors (Lipinski definition) is 1. The van der Waals surface area contributed by atoms with Gasteiger partial charge in [-0.2, -0.15) is 0 Å². The number of aliphatic hydroxyl groups excluding tert-OH is 1. The Morgan fingerprint density at radius 3 is 2.75 bits per heavy atom. The SMILES string of the molecule is OCCc1cc(F)c(Cl)cc1Br. The maximum absolute atomic E-state index is 12.8. The minimum absolute atomic E-state index is 0.000325. The fraction of sp³-hybridized carbons (Fsp3) is 0.250. The first kappa shape index (κ1) is 9.96. The highest BCUT2D eigenvalue weighted by atomic mass is 79.9. The number of hydrogen-bond donors (Lipinski definition) is 1. The lowest BCUT2D eigenvalue weighted by Gasteiger charge is -2.03. The molecule has 0 saturated carbocycles. The molecule has 0 heterocycles. The summed E-state index contributed by atoms with van der Waals surface area (Å²) in [6.07, 6.45) is 0.425. The lowest BCUT2D eigenvalue weighted by molar-refractivity contribution is 0.299. The summed E-state index contributed by atoms with van der Waals surface area (Å²) in [5.74, 6) is -0.455. The largest absolute Gasteiger partial charge is 0.396 e. The standard InChI is InChI=1S/C8H7BrClFO/c9-6-4-7(10)8(11)3-5(6)1-2-12/h3-4,12H,1-2H2. The molecule has 1 aromatic rings. The lowest BCUT2D eigenvalue weighted by Crippen LogP contribution is -1.93. The van der Waals surface area contributed by atoms with Crippen molar-refractivity contribution in [1.29, 1.82) is 0 Å². The number of rotatable bonds is 2. The Bertz CT molecular complexity index is 291. The molecule has 0 aliphatic carbocycles. The Hall–Kier alpha value is -0.120. The van der Waals surface area contributed by atoms with Gasteiger partial charge in [0.25, 0.3) is 0 Å². The van der Waals surface area contributed by atoms with Crippen molar-refractivity contribution in [3.8, 4) is 0 Å². The van der Waals surface area contributed by atoms with Crippen molar-refractivity contribution in [2.75, 3.05) is 6.61 Å². The Morgan fingerprint density at radius 1 is 1.50 bits per heavy atom. The molecule has 0 atom stereocenters. The van der Waals surface area contributed by atoms with Crippen LogP contribution in [0.2, 0.25) is 5.02 Å². The summed E-state index contributed by atoms with van der Waals surface area (Å²) in [4.78, 5) is 0. The zero-order valence-corrected chi connectivity index (χ0v) is 8.49. The molecule has 0 aromatic heterocycles. The van der Waals surface area contributed by atoms with Crippen molar-refractivity contribution in [3.63, 3.8) is 0 Å². The maximum atomic E-state index is 12.8. The summed E-state index contributed by atoms with van der Waals surface area (Å²) in [5.41, 5.74) is 0.722. The topological polar surface area (TPSA) is 20.2 Å². The van der Waals surface area contributed by atoms with Crippen molar-refractivity contribution >= 4 is 27.5 Å². The van der Waals surface area contributed by atoms with Crippen LogP contribution in [0.5, 0.6) is 0 Å². The third kappa shape index (κ3) is 2.19. The molecule has 0 spiro atoms. The van der Waals surface area contributed by atoms with Gasteiger partial charge in [-0.3, -0.25) is 0 Å². The molecule has 1 N–H and O–H groups in total. The average molecular weight is 253 g/mol. The van der Waals surface area contributed by atoms with Gasteiger partial charge in [0, 0.05) is 11.1 Å². The van der Waals surface area contributed by atoms with Gasteiger partial charge in [0.05, 0.1) is 5.02 Å². The second-order valence-electron chi connectivity index (χ2n) is 2.33. The first-order valence-corrected chi connectivity index (χ1v) is 4.56. The summed E-state index contributed by atoms with van der Waals surface area (Å²) in [6.45, 7) is -0.000325. The lowest BCUT2D eigenvalue weighted by atomic mass is 10.1. The van der Waals surface area contributed by atoms with Crippen molar-refractivity contribution < 1.29 is 9.50 Å². The quantitative estimate of drug-likeness (QED) is 0.804. The summed E-state index contributed by atoms with van der Waals surface area (Å²) in [6, 6.07) is 2.81. The van der Waals surface area contributed by atoms with Crippen LogP contribution in [-0.2, 0) is 6.42 Å². The van der Waals surface area contributed by atoms with Crippen molar-refractivity contribution in [2.24, 2.45) is 0 Å². The first-order chi connectivity index (χ1) is 5.65. The molecule has 1 rings (SSSR count). The summed E-state index contributed by atoms with van der Waals surface area (Å²) in [5, 5.41) is 8.71. The summed E-state index contributed by atoms with van der Waals surface area (Å²) in [7, 11) is 0. The number of benzene rings is 1. The van der Waals surface area contributed by atoms with Crippen molar-refractivity contribution in [3.05, 3.63) is 33.0 Å². The molecule has 0 unspecified atom stereocenters. The van der Waals surface area contributed by atoms with E-state index in [2.05, 4.69) is 15.9 Å². The molecule has 0 amide bonds. The molecule has 0 aliphatic rings. The van der Waals surface area contributed by atoms with E-state index in [0.29, 0.717) is 6.42 Å². The van der Waals surface area contributed by atoms with E-state index < -0.39 is 5.82 Å². The Kier molecular flexibility index (Phi) is 3.50. The van der Waals surface area contributed by atoms with E-state index in [1.54, 1.807) is 0 Å². The third-order valence-corrected chi connectivity index (χ3v) is 2.50. The van der Waals surface area contributed by atoms with Gasteiger partial charge in [-0.15, -0.1) is 0 Å². The molecule has 1 aromatic carbocycles. The molecular formula is C8H7BrClFO. The molecule has 66 valence electrons. The van der Waals surface area contributed by atoms with Crippen LogP contribution in [0.3, 0.4) is 0 Å². The molecule has 0 fully saturated rings. The van der Waals surface area contributed by atoms with Gasteiger partial charge in [-0.1, -0.05) is 27.5 Å². The van der Waals surface area contributed by atoms with E-state index in [9.17, 15) is 4.39 Å². The van der Waals surface area contributed by atoms with Crippen LogP contribution in [0.15, 0.2) is 16.6 Å². The maximum Gasteiger partial charge on any atom is 0.142 e. The Morgan fingerprint density at radius 2 is 2.17 bits per heavy atom. The van der Waals surface area contributed by atoms with Crippen LogP contribution in [0.4, 0.5) is 4.39 Å². The monoisotopic (exact) mass is 252 g/mol. The van der Waals surface area contributed by atoms with Crippen LogP contribution >= 0.6 is 27.5 Å². The van der Waals surface area contributed by atoms with Crippen LogP contribution in [0, 0.1) is 5.82 Å². The van der Waals surface area contributed by atoms with E-state index in [1.807, 2.05) is 0 Å².